The van der Waals surface area contributed by atoms with Crippen LogP contribution in [-0.2, 0) is 0 Å². The van der Waals surface area contributed by atoms with Crippen molar-refractivity contribution in [2.75, 3.05) is 39.6 Å². The molecule has 4 aromatic heterocycles. The van der Waals surface area contributed by atoms with Gasteiger partial charge in [0.25, 0.3) is 0 Å². The van der Waals surface area contributed by atoms with Crippen LogP contribution in [0.2, 0.25) is 0 Å². The third-order valence-corrected chi connectivity index (χ3v) is 22.9. The van der Waals surface area contributed by atoms with E-state index >= 15 is 0 Å². The zero-order valence-electron chi connectivity index (χ0n) is 68.8. The third kappa shape index (κ3) is 22.5. The second-order valence-electron chi connectivity index (χ2n) is 31.0. The molecular weight excluding hydrogens is 1360 g/mol. The van der Waals surface area contributed by atoms with Crippen molar-refractivity contribution in [3.05, 3.63) is 162 Å². The van der Waals surface area contributed by atoms with Gasteiger partial charge in [0.2, 0.25) is 0 Å². The number of hydrogen-bond donors (Lipinski definition) is 2. The Morgan fingerprint density at radius 1 is 0.309 bits per heavy atom. The summed E-state index contributed by atoms with van der Waals surface area (Å²) >= 11 is 0. The minimum absolute atomic E-state index is 0.0996. The first-order chi connectivity index (χ1) is 53.9. The van der Waals surface area contributed by atoms with Gasteiger partial charge in [-0.2, -0.15) is 0 Å². The van der Waals surface area contributed by atoms with Crippen molar-refractivity contribution < 1.29 is 33.2 Å². The molecule has 0 aliphatic carbocycles. The van der Waals surface area contributed by atoms with Crippen LogP contribution in [0.25, 0.3) is 90.9 Å². The van der Waals surface area contributed by atoms with Crippen molar-refractivity contribution in [2.24, 2.45) is 35.5 Å². The molecular formula is C98H129N5O7. The summed E-state index contributed by atoms with van der Waals surface area (Å²) in [5.41, 5.74) is 14.5. The molecule has 0 radical (unpaired) electrons. The number of carbonyl (C=O) groups is 1. The zero-order chi connectivity index (χ0) is 77.6. The fraction of sp³-hybridized carbons (Fsp3) is 0.490. The number of aromatic nitrogens is 5. The van der Waals surface area contributed by atoms with E-state index in [0.29, 0.717) is 97.8 Å². The van der Waals surface area contributed by atoms with E-state index < -0.39 is 0 Å². The van der Waals surface area contributed by atoms with Crippen LogP contribution in [-0.4, -0.2) is 70.3 Å². The minimum atomic E-state index is -0.0996. The monoisotopic (exact) mass is 1490 g/mol. The Bertz CT molecular complexity index is 4350. The Morgan fingerprint density at radius 2 is 0.582 bits per heavy atom. The van der Waals surface area contributed by atoms with Crippen molar-refractivity contribution in [3.8, 4) is 79.0 Å². The molecule has 0 spiro atoms. The lowest BCUT2D eigenvalue weighted by Crippen LogP contribution is -2.14. The number of nitrogens with zero attached hydrogens (tertiary/aromatic N) is 3. The van der Waals surface area contributed by atoms with Gasteiger partial charge in [-0.05, 0) is 199 Å². The number of unbranched alkanes of at least 4 members (excludes halogenated alkanes) is 6. The molecule has 588 valence electrons. The average molecular weight is 1490 g/mol. The smallest absolute Gasteiger partial charge is 0.193 e. The van der Waals surface area contributed by atoms with Crippen LogP contribution in [0.5, 0.6) is 34.5 Å². The zero-order valence-corrected chi connectivity index (χ0v) is 68.8. The van der Waals surface area contributed by atoms with Crippen LogP contribution in [0.15, 0.2) is 128 Å². The van der Waals surface area contributed by atoms with E-state index in [1.807, 2.05) is 18.2 Å². The second kappa shape index (κ2) is 43.6. The van der Waals surface area contributed by atoms with E-state index in [-0.39, 0.29) is 5.78 Å². The van der Waals surface area contributed by atoms with Gasteiger partial charge < -0.3 is 38.4 Å². The van der Waals surface area contributed by atoms with Gasteiger partial charge >= 0.3 is 0 Å². The van der Waals surface area contributed by atoms with Gasteiger partial charge in [-0.3, -0.25) is 9.78 Å². The number of fused-ring (bicyclic) bond motifs is 8. The maximum absolute atomic E-state index is 14.6. The summed E-state index contributed by atoms with van der Waals surface area (Å²) in [6.45, 7) is 30.8. The Balaban J connectivity index is 1.29. The normalized spacial score (nSPS) is 13.6. The highest BCUT2D eigenvalue weighted by atomic mass is 16.5. The molecule has 0 saturated heterocycles. The van der Waals surface area contributed by atoms with E-state index in [0.717, 1.165) is 260 Å². The molecule has 6 unspecified atom stereocenters. The molecule has 8 bridgehead atoms. The first-order valence-electron chi connectivity index (χ1n) is 42.8. The summed E-state index contributed by atoms with van der Waals surface area (Å²) in [4.78, 5) is 38.6. The van der Waals surface area contributed by atoms with Crippen LogP contribution < -0.4 is 28.4 Å². The van der Waals surface area contributed by atoms with Crippen molar-refractivity contribution in [1.29, 1.82) is 0 Å². The lowest BCUT2D eigenvalue weighted by atomic mass is 9.97. The quantitative estimate of drug-likeness (QED) is 0.0354. The van der Waals surface area contributed by atoms with Gasteiger partial charge in [0, 0.05) is 67.8 Å². The summed E-state index contributed by atoms with van der Waals surface area (Å²) in [5.74, 6) is 6.72. The molecule has 6 atom stereocenters. The summed E-state index contributed by atoms with van der Waals surface area (Å²) in [5, 5.41) is 0. The maximum atomic E-state index is 14.6. The predicted octanol–water partition coefficient (Wildman–Crippen LogP) is 27.5. The van der Waals surface area contributed by atoms with Crippen LogP contribution in [0, 0.1) is 35.5 Å². The minimum Gasteiger partial charge on any atom is -0.489 e. The van der Waals surface area contributed by atoms with Crippen LogP contribution in [0.4, 0.5) is 0 Å². The van der Waals surface area contributed by atoms with Crippen molar-refractivity contribution >= 4 is 52.2 Å². The fourth-order valence-electron chi connectivity index (χ4n) is 15.2. The summed E-state index contributed by atoms with van der Waals surface area (Å²) in [6, 6.07) is 39.6. The van der Waals surface area contributed by atoms with Crippen LogP contribution in [0.3, 0.4) is 0 Å². The first kappa shape index (κ1) is 83.6. The van der Waals surface area contributed by atoms with Crippen molar-refractivity contribution in [1.82, 2.24) is 24.9 Å². The first-order valence-corrected chi connectivity index (χ1v) is 42.8. The lowest BCUT2D eigenvalue weighted by Gasteiger charge is -2.21. The van der Waals surface area contributed by atoms with Crippen LogP contribution in [0.1, 0.15) is 276 Å². The molecule has 0 fully saturated rings. The molecule has 10 rings (SSSR count). The highest BCUT2D eigenvalue weighted by molar-refractivity contribution is 6.10. The number of nitrogens with one attached hydrogen (secondary N) is 2. The van der Waals surface area contributed by atoms with Gasteiger partial charge in [0.1, 0.15) is 0 Å². The van der Waals surface area contributed by atoms with Crippen LogP contribution >= 0.6 is 0 Å². The number of ketones is 1. The number of rotatable bonds is 48. The summed E-state index contributed by atoms with van der Waals surface area (Å²) < 4.78 is 42.0. The molecule has 4 aromatic carbocycles. The molecule has 0 saturated carbocycles. The average Bonchev–Trinajstić information content (AvgIpc) is 1.60. The third-order valence-electron chi connectivity index (χ3n) is 22.9. The van der Waals surface area contributed by atoms with Crippen molar-refractivity contribution in [3.63, 3.8) is 0 Å². The van der Waals surface area contributed by atoms with Gasteiger partial charge in [-0.25, -0.2) is 9.97 Å². The molecule has 2 N–H and O–H groups in total. The molecule has 8 aromatic rings. The highest BCUT2D eigenvalue weighted by Crippen LogP contribution is 2.45. The van der Waals surface area contributed by atoms with E-state index in [1.54, 1.807) is 24.5 Å². The molecule has 110 heavy (non-hydrogen) atoms. The molecule has 12 heteroatoms. The number of hydrogen-bond acceptors (Lipinski definition) is 10. The number of benzene rings is 4. The summed E-state index contributed by atoms with van der Waals surface area (Å²) in [7, 11) is 0. The van der Waals surface area contributed by atoms with Gasteiger partial charge in [0.15, 0.2) is 40.3 Å². The fourth-order valence-corrected chi connectivity index (χ4v) is 15.2. The molecule has 12 nitrogen and oxygen atoms in total. The Labute approximate surface area is 659 Å². The highest BCUT2D eigenvalue weighted by Gasteiger charge is 2.26. The lowest BCUT2D eigenvalue weighted by molar-refractivity contribution is 0.103. The maximum Gasteiger partial charge on any atom is 0.193 e. The van der Waals surface area contributed by atoms with Gasteiger partial charge in [-0.1, -0.05) is 235 Å². The van der Waals surface area contributed by atoms with Gasteiger partial charge in [-0.15, -0.1) is 0 Å². The number of aromatic amines is 2. The molecule has 0 amide bonds. The summed E-state index contributed by atoms with van der Waals surface area (Å²) in [6.07, 6.45) is 38.5. The van der Waals surface area contributed by atoms with E-state index in [4.69, 9.17) is 38.4 Å². The SMILES string of the molecule is CCCCC(CC)COc1ccc(-c2c3nc(c(-c4ccc(OCC(CC)CCCC)c(OCC(CC)CCCC)c4)c4ccc([nH]4)c(-c4ccc(OCC(CC)CCCC)c(OCC(CC)CCCC)c4)c4nc(c(-c5cccc(C(=O)c6ccncc6)c5)c5ccc2[nH]5)C=C4)C=C3)cc1OCC(CC)CCCC. The molecule has 6 heterocycles. The largest absolute Gasteiger partial charge is 0.489 e. The Kier molecular flexibility index (Phi) is 33.1. The Morgan fingerprint density at radius 3 is 0.855 bits per heavy atom. The second-order valence-corrected chi connectivity index (χ2v) is 31.0. The number of carbonyl (C=O) groups excluding carboxylic acids is 1. The number of pyridine rings is 1. The Hall–Kier alpha value is -8.90. The van der Waals surface area contributed by atoms with E-state index in [9.17, 15) is 4.79 Å². The molecule has 2 aliphatic heterocycles. The van der Waals surface area contributed by atoms with E-state index in [1.165, 1.54) is 6.42 Å². The molecule has 2 aliphatic rings. The van der Waals surface area contributed by atoms with Crippen molar-refractivity contribution in [2.45, 2.75) is 237 Å². The predicted molar refractivity (Wildman–Crippen MR) is 461 cm³/mol. The topological polar surface area (TPSA) is 143 Å². The van der Waals surface area contributed by atoms with E-state index in [2.05, 4.69) is 207 Å². The standard InChI is InChI=1S/C98H129N5O7/c1-13-25-32-68(19-7)62-105-88-51-40-76(59-91(88)108-65-71(22-10)35-28-16-4)95-82-45-43-80(100-82)94(75-38-31-39-79(58-75)98(104)74-54-56-99-57-55-74)81-44-46-83(101-81)96(77-41-52-89(106-63-69(20-8)33-26-14-2)92(60-77)109-66-72(23-11)36-29-17-5)85-48-50-87(103-85)97(86-49-47-84(95)102-86)78-42-53-90(107-64-70(21-9)34-27-15-3)93(61-78)110-67-73(24-12)37-30-18-6/h31,38-61,68-73,100,103H,13-30,32-37,62-67H2,1-12H3. The number of H-pyrrole nitrogens is 2. The number of ether oxygens (including phenoxy) is 6. The van der Waals surface area contributed by atoms with Gasteiger partial charge in [0.05, 0.1) is 62.4 Å².